The Balaban J connectivity index is 1.74. The number of benzene rings is 1. The number of unbranched alkanes of at least 4 members (excludes halogenated alkanes) is 1. The summed E-state index contributed by atoms with van der Waals surface area (Å²) in [4.78, 5) is 12.8. The summed E-state index contributed by atoms with van der Waals surface area (Å²) < 4.78 is 11.9. The van der Waals surface area contributed by atoms with Gasteiger partial charge in [-0.2, -0.15) is 0 Å². The monoisotopic (exact) mass is 388 g/mol. The summed E-state index contributed by atoms with van der Waals surface area (Å²) in [5, 5.41) is 0. The van der Waals surface area contributed by atoms with Gasteiger partial charge in [0.15, 0.2) is 0 Å². The molecule has 0 N–H and O–H groups in total. The highest BCUT2D eigenvalue weighted by atomic mass is 16.5. The van der Waals surface area contributed by atoms with E-state index in [9.17, 15) is 4.79 Å². The lowest BCUT2D eigenvalue weighted by Gasteiger charge is -2.39. The number of aryl methyl sites for hydroxylation is 2. The average molecular weight is 389 g/mol. The fourth-order valence-corrected chi connectivity index (χ4v) is 4.57. The first-order valence-electron chi connectivity index (χ1n) is 10.9. The van der Waals surface area contributed by atoms with Crippen molar-refractivity contribution in [2.24, 2.45) is 16.7 Å². The fraction of sp³-hybridized carbons (Fsp3) is 0.720. The van der Waals surface area contributed by atoms with Crippen LogP contribution in [0.3, 0.4) is 0 Å². The third-order valence-electron chi connectivity index (χ3n) is 5.96. The minimum absolute atomic E-state index is 0.0438. The Kier molecular flexibility index (Phi) is 7.59. The van der Waals surface area contributed by atoms with Crippen LogP contribution in [0, 0.1) is 30.6 Å². The molecule has 0 radical (unpaired) electrons. The molecule has 3 heteroatoms. The number of esters is 1. The Morgan fingerprint density at radius 1 is 1.18 bits per heavy atom. The molecule has 2 rings (SSSR count). The fourth-order valence-electron chi connectivity index (χ4n) is 4.57. The van der Waals surface area contributed by atoms with E-state index in [-0.39, 0.29) is 17.5 Å². The molecule has 1 saturated carbocycles. The van der Waals surface area contributed by atoms with Crippen molar-refractivity contribution in [1.29, 1.82) is 0 Å². The summed E-state index contributed by atoms with van der Waals surface area (Å²) in [7, 11) is 0. The molecule has 28 heavy (non-hydrogen) atoms. The van der Waals surface area contributed by atoms with Crippen molar-refractivity contribution in [2.75, 3.05) is 6.61 Å². The molecule has 1 aromatic carbocycles. The van der Waals surface area contributed by atoms with E-state index in [1.807, 2.05) is 19.9 Å². The zero-order valence-electron chi connectivity index (χ0n) is 19.1. The second-order valence-corrected chi connectivity index (χ2v) is 10.4. The van der Waals surface area contributed by atoms with Crippen LogP contribution in [-0.2, 0) is 9.53 Å². The van der Waals surface area contributed by atoms with Crippen LogP contribution in [0.15, 0.2) is 18.2 Å². The van der Waals surface area contributed by atoms with E-state index < -0.39 is 5.41 Å². The smallest absolute Gasteiger partial charge is 0.311 e. The maximum Gasteiger partial charge on any atom is 0.311 e. The average Bonchev–Trinajstić information content (AvgIpc) is 2.54. The van der Waals surface area contributed by atoms with Crippen molar-refractivity contribution < 1.29 is 14.3 Å². The van der Waals surface area contributed by atoms with E-state index in [0.717, 1.165) is 37.9 Å². The Bertz CT molecular complexity index is 660. The molecule has 0 spiro atoms. The minimum Gasteiger partial charge on any atom is -0.493 e. The van der Waals surface area contributed by atoms with Crippen LogP contribution in [0.5, 0.6) is 5.75 Å². The maximum absolute atomic E-state index is 12.8. The molecule has 1 aliphatic rings. The van der Waals surface area contributed by atoms with Crippen LogP contribution in [0.25, 0.3) is 0 Å². The topological polar surface area (TPSA) is 35.5 Å². The third-order valence-corrected chi connectivity index (χ3v) is 5.96. The van der Waals surface area contributed by atoms with Crippen LogP contribution in [0.4, 0.5) is 0 Å². The van der Waals surface area contributed by atoms with Gasteiger partial charge >= 0.3 is 5.97 Å². The van der Waals surface area contributed by atoms with Crippen molar-refractivity contribution in [1.82, 2.24) is 0 Å². The molecule has 1 fully saturated rings. The molecule has 1 aliphatic carbocycles. The van der Waals surface area contributed by atoms with Gasteiger partial charge in [0, 0.05) is 0 Å². The minimum atomic E-state index is -0.440. The van der Waals surface area contributed by atoms with E-state index in [1.165, 1.54) is 17.5 Å². The molecule has 2 unspecified atom stereocenters. The summed E-state index contributed by atoms with van der Waals surface area (Å²) in [5.74, 6) is 1.53. The number of carbonyl (C=O) groups is 1. The SMILES string of the molecule is Cc1ccc(OCCCCC(C)(C)C(=O)OC2CC(C)CC(C)(C)C2)c(C)c1. The van der Waals surface area contributed by atoms with Crippen molar-refractivity contribution in [3.05, 3.63) is 29.3 Å². The predicted molar refractivity (Wildman–Crippen MR) is 116 cm³/mol. The quantitative estimate of drug-likeness (QED) is 0.370. The van der Waals surface area contributed by atoms with E-state index in [1.54, 1.807) is 0 Å². The summed E-state index contributed by atoms with van der Waals surface area (Å²) in [6.45, 7) is 15.7. The van der Waals surface area contributed by atoms with Gasteiger partial charge in [-0.05, 0) is 89.2 Å². The van der Waals surface area contributed by atoms with Gasteiger partial charge in [-0.3, -0.25) is 4.79 Å². The first kappa shape index (κ1) is 22.8. The van der Waals surface area contributed by atoms with E-state index in [2.05, 4.69) is 46.8 Å². The molecule has 2 atom stereocenters. The lowest BCUT2D eigenvalue weighted by atomic mass is 9.71. The number of carbonyl (C=O) groups excluding carboxylic acids is 1. The number of rotatable bonds is 8. The molecule has 0 amide bonds. The number of ether oxygens (including phenoxy) is 2. The molecular weight excluding hydrogens is 348 g/mol. The molecule has 158 valence electrons. The Labute approximate surface area is 172 Å². The highest BCUT2D eigenvalue weighted by molar-refractivity contribution is 5.76. The van der Waals surface area contributed by atoms with Gasteiger partial charge in [-0.1, -0.05) is 38.5 Å². The molecule has 0 bridgehead atoms. The van der Waals surface area contributed by atoms with Gasteiger partial charge in [-0.25, -0.2) is 0 Å². The lowest BCUT2D eigenvalue weighted by Crippen LogP contribution is -2.37. The van der Waals surface area contributed by atoms with Crippen LogP contribution in [0.1, 0.15) is 84.3 Å². The van der Waals surface area contributed by atoms with Crippen LogP contribution in [-0.4, -0.2) is 18.7 Å². The van der Waals surface area contributed by atoms with Crippen LogP contribution in [0.2, 0.25) is 0 Å². The molecule has 0 aliphatic heterocycles. The first-order valence-corrected chi connectivity index (χ1v) is 10.9. The predicted octanol–water partition coefficient (Wildman–Crippen LogP) is 6.64. The zero-order chi connectivity index (χ0) is 20.9. The normalized spacial score (nSPS) is 22.0. The molecule has 0 heterocycles. The van der Waals surface area contributed by atoms with Gasteiger partial charge in [0.1, 0.15) is 11.9 Å². The van der Waals surface area contributed by atoms with Gasteiger partial charge in [0.05, 0.1) is 12.0 Å². The summed E-state index contributed by atoms with van der Waals surface area (Å²) in [6, 6.07) is 6.26. The molecule has 3 nitrogen and oxygen atoms in total. The standard InChI is InChI=1S/C25H40O3/c1-18-10-11-22(20(3)14-18)27-13-9-8-12-25(6,7)23(26)28-21-15-19(2)16-24(4,5)17-21/h10-11,14,19,21H,8-9,12-13,15-17H2,1-7H3. The first-order chi connectivity index (χ1) is 13.0. The maximum atomic E-state index is 12.8. The third kappa shape index (κ3) is 6.83. The van der Waals surface area contributed by atoms with Gasteiger partial charge in [0.2, 0.25) is 0 Å². The lowest BCUT2D eigenvalue weighted by molar-refractivity contribution is -0.164. The van der Waals surface area contributed by atoms with Gasteiger partial charge < -0.3 is 9.47 Å². The largest absolute Gasteiger partial charge is 0.493 e. The summed E-state index contributed by atoms with van der Waals surface area (Å²) in [5.41, 5.74) is 2.25. The summed E-state index contributed by atoms with van der Waals surface area (Å²) in [6.07, 6.45) is 5.98. The van der Waals surface area contributed by atoms with Crippen LogP contribution >= 0.6 is 0 Å². The van der Waals surface area contributed by atoms with Crippen molar-refractivity contribution in [2.45, 2.75) is 93.1 Å². The van der Waals surface area contributed by atoms with E-state index >= 15 is 0 Å². The van der Waals surface area contributed by atoms with Crippen LogP contribution < -0.4 is 4.74 Å². The molecular formula is C25H40O3. The van der Waals surface area contributed by atoms with Crippen molar-refractivity contribution in [3.63, 3.8) is 0 Å². The zero-order valence-corrected chi connectivity index (χ0v) is 19.1. The van der Waals surface area contributed by atoms with E-state index in [0.29, 0.717) is 12.5 Å². The molecule has 0 saturated heterocycles. The second kappa shape index (κ2) is 9.33. The Morgan fingerprint density at radius 2 is 1.89 bits per heavy atom. The summed E-state index contributed by atoms with van der Waals surface area (Å²) >= 11 is 0. The van der Waals surface area contributed by atoms with Gasteiger partial charge in [0.25, 0.3) is 0 Å². The molecule has 1 aromatic rings. The highest BCUT2D eigenvalue weighted by Crippen LogP contribution is 2.40. The Morgan fingerprint density at radius 3 is 2.54 bits per heavy atom. The highest BCUT2D eigenvalue weighted by Gasteiger charge is 2.37. The number of hydrogen-bond acceptors (Lipinski definition) is 3. The number of hydrogen-bond donors (Lipinski definition) is 0. The van der Waals surface area contributed by atoms with Crippen molar-refractivity contribution in [3.8, 4) is 5.75 Å². The van der Waals surface area contributed by atoms with Crippen molar-refractivity contribution >= 4 is 5.97 Å². The van der Waals surface area contributed by atoms with E-state index in [4.69, 9.17) is 9.47 Å². The van der Waals surface area contributed by atoms with Gasteiger partial charge in [-0.15, -0.1) is 0 Å². The Hall–Kier alpha value is -1.51. The molecule has 0 aromatic heterocycles. The second-order valence-electron chi connectivity index (χ2n) is 10.4.